The topological polar surface area (TPSA) is 83.7 Å². The van der Waals surface area contributed by atoms with Crippen LogP contribution in [0.4, 0.5) is 10.1 Å². The molecule has 1 aromatic carbocycles. The highest BCUT2D eigenvalue weighted by atomic mass is 19.1. The summed E-state index contributed by atoms with van der Waals surface area (Å²) in [6, 6.07) is 3.28. The normalized spacial score (nSPS) is 22.9. The van der Waals surface area contributed by atoms with Crippen LogP contribution < -0.4 is 0 Å². The number of likely N-dealkylation sites (tertiary alicyclic amines) is 1. The van der Waals surface area contributed by atoms with Gasteiger partial charge in [0.2, 0.25) is 5.82 Å². The van der Waals surface area contributed by atoms with E-state index in [0.29, 0.717) is 13.0 Å². The molecular weight excluding hydrogens is 267 g/mol. The van der Waals surface area contributed by atoms with Crippen molar-refractivity contribution >= 4 is 11.7 Å². The minimum absolute atomic E-state index is 0.0192. The van der Waals surface area contributed by atoms with Crippen LogP contribution in [0.2, 0.25) is 0 Å². The van der Waals surface area contributed by atoms with Crippen molar-refractivity contribution in [2.45, 2.75) is 25.9 Å². The van der Waals surface area contributed by atoms with Gasteiger partial charge in [-0.3, -0.25) is 19.8 Å². The van der Waals surface area contributed by atoms with Crippen molar-refractivity contribution in [1.82, 2.24) is 4.90 Å². The maximum atomic E-state index is 14.0. The van der Waals surface area contributed by atoms with Crippen LogP contribution >= 0.6 is 0 Å². The molecule has 20 heavy (non-hydrogen) atoms. The molecule has 1 aromatic rings. The predicted molar refractivity (Wildman–Crippen MR) is 68.7 cm³/mol. The first-order valence-electron chi connectivity index (χ1n) is 6.30. The van der Waals surface area contributed by atoms with Gasteiger partial charge in [0.1, 0.15) is 6.04 Å². The summed E-state index contributed by atoms with van der Waals surface area (Å²) in [7, 11) is 0. The first-order chi connectivity index (χ1) is 9.41. The predicted octanol–water partition coefficient (Wildman–Crippen LogP) is 2.03. The molecule has 0 saturated carbocycles. The van der Waals surface area contributed by atoms with Gasteiger partial charge in [0.05, 0.1) is 4.92 Å². The van der Waals surface area contributed by atoms with Crippen LogP contribution in [0.15, 0.2) is 18.2 Å². The number of halogens is 1. The smallest absolute Gasteiger partial charge is 0.321 e. The zero-order valence-corrected chi connectivity index (χ0v) is 11.0. The lowest BCUT2D eigenvalue weighted by Crippen LogP contribution is -2.38. The number of nitro benzene ring substituents is 1. The molecule has 0 amide bonds. The highest BCUT2D eigenvalue weighted by Gasteiger charge is 2.37. The summed E-state index contributed by atoms with van der Waals surface area (Å²) in [5, 5.41) is 19.9. The Morgan fingerprint density at radius 1 is 1.60 bits per heavy atom. The molecular formula is C13H15FN2O4. The number of nitro groups is 1. The Kier molecular flexibility index (Phi) is 3.99. The number of aliphatic carboxylic acids is 1. The lowest BCUT2D eigenvalue weighted by atomic mass is 10.0. The molecule has 1 N–H and O–H groups in total. The number of carboxylic acid groups (broad SMARTS) is 1. The maximum absolute atomic E-state index is 14.0. The molecule has 1 saturated heterocycles. The van der Waals surface area contributed by atoms with E-state index in [-0.39, 0.29) is 18.0 Å². The van der Waals surface area contributed by atoms with E-state index in [1.807, 2.05) is 6.92 Å². The zero-order chi connectivity index (χ0) is 14.9. The van der Waals surface area contributed by atoms with Crippen LogP contribution in [0.5, 0.6) is 0 Å². The highest BCUT2D eigenvalue weighted by molar-refractivity contribution is 5.74. The lowest BCUT2D eigenvalue weighted by molar-refractivity contribution is -0.387. The second kappa shape index (κ2) is 5.54. The molecule has 1 aliphatic rings. The molecule has 1 heterocycles. The molecule has 2 unspecified atom stereocenters. The van der Waals surface area contributed by atoms with E-state index in [1.165, 1.54) is 12.1 Å². The molecule has 0 aliphatic carbocycles. The standard InChI is InChI=1S/C13H15FN2O4/c1-8-5-6-15(12(8)13(17)18)7-9-3-2-4-10(11(9)14)16(19)20/h2-4,8,12H,5-7H2,1H3,(H,17,18). The first kappa shape index (κ1) is 14.4. The molecule has 6 nitrogen and oxygen atoms in total. The van der Waals surface area contributed by atoms with E-state index in [0.717, 1.165) is 6.07 Å². The second-order valence-corrected chi connectivity index (χ2v) is 5.03. The van der Waals surface area contributed by atoms with Crippen molar-refractivity contribution in [1.29, 1.82) is 0 Å². The summed E-state index contributed by atoms with van der Waals surface area (Å²) < 4.78 is 14.0. The van der Waals surface area contributed by atoms with Gasteiger partial charge >= 0.3 is 11.7 Å². The lowest BCUT2D eigenvalue weighted by Gasteiger charge is -2.23. The summed E-state index contributed by atoms with van der Waals surface area (Å²) in [5.74, 6) is -1.85. The molecule has 108 valence electrons. The van der Waals surface area contributed by atoms with Crippen molar-refractivity contribution in [3.63, 3.8) is 0 Å². The number of rotatable bonds is 4. The Hall–Kier alpha value is -2.02. The van der Waals surface area contributed by atoms with Gasteiger partial charge in [0.25, 0.3) is 0 Å². The van der Waals surface area contributed by atoms with E-state index in [1.54, 1.807) is 4.90 Å². The van der Waals surface area contributed by atoms with Crippen molar-refractivity contribution in [2.75, 3.05) is 6.54 Å². The minimum Gasteiger partial charge on any atom is -0.480 e. The third-order valence-corrected chi connectivity index (χ3v) is 3.69. The van der Waals surface area contributed by atoms with Gasteiger partial charge in [-0.05, 0) is 18.9 Å². The van der Waals surface area contributed by atoms with E-state index >= 15 is 0 Å². The highest BCUT2D eigenvalue weighted by Crippen LogP contribution is 2.28. The quantitative estimate of drug-likeness (QED) is 0.674. The Morgan fingerprint density at radius 2 is 2.30 bits per heavy atom. The van der Waals surface area contributed by atoms with E-state index in [9.17, 15) is 24.4 Å². The molecule has 2 atom stereocenters. The second-order valence-electron chi connectivity index (χ2n) is 5.03. The fourth-order valence-electron chi connectivity index (χ4n) is 2.65. The number of carbonyl (C=O) groups is 1. The molecule has 0 spiro atoms. The maximum Gasteiger partial charge on any atom is 0.321 e. The van der Waals surface area contributed by atoms with Crippen LogP contribution in [0.25, 0.3) is 0 Å². The Bertz CT molecular complexity index is 549. The zero-order valence-electron chi connectivity index (χ0n) is 11.0. The number of carboxylic acids is 1. The molecule has 0 aromatic heterocycles. The van der Waals surface area contributed by atoms with Crippen LogP contribution in [0.1, 0.15) is 18.9 Å². The van der Waals surface area contributed by atoms with Gasteiger partial charge in [0.15, 0.2) is 0 Å². The fourth-order valence-corrected chi connectivity index (χ4v) is 2.65. The van der Waals surface area contributed by atoms with Crippen molar-refractivity contribution < 1.29 is 19.2 Å². The SMILES string of the molecule is CC1CCN(Cc2cccc([N+](=O)[O-])c2F)C1C(=O)O. The Morgan fingerprint density at radius 3 is 2.90 bits per heavy atom. The van der Waals surface area contributed by atoms with Gasteiger partial charge in [-0.15, -0.1) is 0 Å². The number of nitrogens with zero attached hydrogens (tertiary/aromatic N) is 2. The third kappa shape index (κ3) is 2.62. The average Bonchev–Trinajstić information content (AvgIpc) is 2.72. The summed E-state index contributed by atoms with van der Waals surface area (Å²) in [6.45, 7) is 2.44. The van der Waals surface area contributed by atoms with Gasteiger partial charge in [0, 0.05) is 18.2 Å². The molecule has 2 rings (SSSR count). The molecule has 0 bridgehead atoms. The summed E-state index contributed by atoms with van der Waals surface area (Å²) in [6.07, 6.45) is 0.716. The summed E-state index contributed by atoms with van der Waals surface area (Å²) >= 11 is 0. The molecule has 1 aliphatic heterocycles. The van der Waals surface area contributed by atoms with Crippen LogP contribution in [0, 0.1) is 21.8 Å². The average molecular weight is 282 g/mol. The molecule has 7 heteroatoms. The van der Waals surface area contributed by atoms with E-state index < -0.39 is 28.4 Å². The van der Waals surface area contributed by atoms with Gasteiger partial charge in [-0.25, -0.2) is 0 Å². The van der Waals surface area contributed by atoms with Gasteiger partial charge < -0.3 is 5.11 Å². The van der Waals surface area contributed by atoms with E-state index in [4.69, 9.17) is 0 Å². The number of benzene rings is 1. The van der Waals surface area contributed by atoms with Gasteiger partial charge in [-0.2, -0.15) is 4.39 Å². The largest absolute Gasteiger partial charge is 0.480 e. The number of hydrogen-bond acceptors (Lipinski definition) is 4. The third-order valence-electron chi connectivity index (χ3n) is 3.69. The Labute approximate surface area is 115 Å². The van der Waals surface area contributed by atoms with Crippen LogP contribution in [-0.4, -0.2) is 33.5 Å². The fraction of sp³-hybridized carbons (Fsp3) is 0.462. The van der Waals surface area contributed by atoms with Gasteiger partial charge in [-0.1, -0.05) is 19.1 Å². The van der Waals surface area contributed by atoms with Crippen LogP contribution in [-0.2, 0) is 11.3 Å². The molecule has 1 fully saturated rings. The Balaban J connectivity index is 2.24. The minimum atomic E-state index is -0.944. The van der Waals surface area contributed by atoms with Crippen molar-refractivity contribution in [3.8, 4) is 0 Å². The van der Waals surface area contributed by atoms with Crippen molar-refractivity contribution in [3.05, 3.63) is 39.7 Å². The number of hydrogen-bond donors (Lipinski definition) is 1. The monoisotopic (exact) mass is 282 g/mol. The van der Waals surface area contributed by atoms with Crippen molar-refractivity contribution in [2.24, 2.45) is 5.92 Å². The summed E-state index contributed by atoms with van der Waals surface area (Å²) in [5.41, 5.74) is -0.429. The first-order valence-corrected chi connectivity index (χ1v) is 6.30. The molecule has 0 radical (unpaired) electrons. The van der Waals surface area contributed by atoms with Crippen LogP contribution in [0.3, 0.4) is 0 Å². The summed E-state index contributed by atoms with van der Waals surface area (Å²) in [4.78, 5) is 22.8. The van der Waals surface area contributed by atoms with E-state index in [2.05, 4.69) is 0 Å².